The first-order valence-electron chi connectivity index (χ1n) is 5.32. The molecule has 1 aromatic heterocycles. The van der Waals surface area contributed by atoms with E-state index in [0.717, 1.165) is 14.9 Å². The lowest BCUT2D eigenvalue weighted by Crippen LogP contribution is -2.04. The zero-order chi connectivity index (χ0) is 13.1. The third-order valence-electron chi connectivity index (χ3n) is 2.46. The highest BCUT2D eigenvalue weighted by Crippen LogP contribution is 2.29. The molecule has 0 aliphatic heterocycles. The van der Waals surface area contributed by atoms with Gasteiger partial charge in [-0.25, -0.2) is 0 Å². The van der Waals surface area contributed by atoms with Gasteiger partial charge in [0.15, 0.2) is 0 Å². The summed E-state index contributed by atoms with van der Waals surface area (Å²) in [6.07, 6.45) is 0. The Hall–Kier alpha value is -1.59. The van der Waals surface area contributed by atoms with Crippen molar-refractivity contribution in [2.75, 3.05) is 5.32 Å². The molecule has 0 aliphatic rings. The standard InChI is InChI=1S/C12H11ClN2O2S/c1-8(11-5-6-12(13)18-11)14-9-3-2-4-10(7-9)15(16)17/h2-8,14H,1H3. The zero-order valence-electron chi connectivity index (χ0n) is 9.59. The van der Waals surface area contributed by atoms with E-state index in [0.29, 0.717) is 0 Å². The number of nitrogens with zero attached hydrogens (tertiary/aromatic N) is 1. The van der Waals surface area contributed by atoms with E-state index < -0.39 is 4.92 Å². The van der Waals surface area contributed by atoms with E-state index in [1.807, 2.05) is 19.1 Å². The van der Waals surface area contributed by atoms with Gasteiger partial charge in [0.05, 0.1) is 15.3 Å². The Kier molecular flexibility index (Phi) is 3.84. The van der Waals surface area contributed by atoms with Gasteiger partial charge in [-0.05, 0) is 25.1 Å². The SMILES string of the molecule is CC(Nc1cccc([N+](=O)[O-])c1)c1ccc(Cl)s1. The van der Waals surface area contributed by atoms with Crippen LogP contribution >= 0.6 is 22.9 Å². The first-order valence-corrected chi connectivity index (χ1v) is 6.52. The lowest BCUT2D eigenvalue weighted by molar-refractivity contribution is -0.384. The molecule has 0 saturated heterocycles. The molecular formula is C12H11ClN2O2S. The third-order valence-corrected chi connectivity index (χ3v) is 3.87. The minimum atomic E-state index is -0.405. The van der Waals surface area contributed by atoms with Crippen LogP contribution in [-0.2, 0) is 0 Å². The summed E-state index contributed by atoms with van der Waals surface area (Å²) < 4.78 is 0.734. The third kappa shape index (κ3) is 3.00. The molecule has 0 radical (unpaired) electrons. The van der Waals surface area contributed by atoms with Gasteiger partial charge in [-0.15, -0.1) is 11.3 Å². The number of halogens is 1. The Morgan fingerprint density at radius 3 is 2.78 bits per heavy atom. The van der Waals surface area contributed by atoms with Crippen LogP contribution in [0.2, 0.25) is 4.34 Å². The van der Waals surface area contributed by atoms with Crippen molar-refractivity contribution in [2.24, 2.45) is 0 Å². The van der Waals surface area contributed by atoms with E-state index in [2.05, 4.69) is 5.32 Å². The zero-order valence-corrected chi connectivity index (χ0v) is 11.2. The summed E-state index contributed by atoms with van der Waals surface area (Å²) in [6, 6.07) is 10.3. The smallest absolute Gasteiger partial charge is 0.271 e. The Morgan fingerprint density at radius 1 is 1.39 bits per heavy atom. The van der Waals surface area contributed by atoms with Crippen molar-refractivity contribution in [2.45, 2.75) is 13.0 Å². The fourth-order valence-electron chi connectivity index (χ4n) is 1.59. The highest BCUT2D eigenvalue weighted by molar-refractivity contribution is 7.16. The Balaban J connectivity index is 2.14. The van der Waals surface area contributed by atoms with Crippen LogP contribution in [0.15, 0.2) is 36.4 Å². The lowest BCUT2D eigenvalue weighted by atomic mass is 10.2. The minimum absolute atomic E-state index is 0.0597. The molecule has 1 aromatic carbocycles. The predicted molar refractivity (Wildman–Crippen MR) is 74.5 cm³/mol. The maximum atomic E-state index is 10.7. The van der Waals surface area contributed by atoms with Crippen LogP contribution in [0.4, 0.5) is 11.4 Å². The van der Waals surface area contributed by atoms with Crippen molar-refractivity contribution in [3.8, 4) is 0 Å². The highest BCUT2D eigenvalue weighted by Gasteiger charge is 2.10. The molecule has 94 valence electrons. The molecule has 0 aliphatic carbocycles. The Bertz CT molecular complexity index is 571. The molecule has 1 heterocycles. The molecule has 0 saturated carbocycles. The van der Waals surface area contributed by atoms with Gasteiger partial charge in [-0.3, -0.25) is 10.1 Å². The number of anilines is 1. The summed E-state index contributed by atoms with van der Waals surface area (Å²) in [5, 5.41) is 13.9. The van der Waals surface area contributed by atoms with Crippen LogP contribution in [0.5, 0.6) is 0 Å². The number of hydrogen-bond donors (Lipinski definition) is 1. The van der Waals surface area contributed by atoms with Crippen LogP contribution in [0.3, 0.4) is 0 Å². The van der Waals surface area contributed by atoms with Gasteiger partial charge in [0.1, 0.15) is 0 Å². The van der Waals surface area contributed by atoms with Gasteiger partial charge in [0.25, 0.3) is 5.69 Å². The quantitative estimate of drug-likeness (QED) is 0.664. The number of nitrogens with one attached hydrogen (secondary N) is 1. The molecule has 1 atom stereocenters. The van der Waals surface area contributed by atoms with Crippen molar-refractivity contribution >= 4 is 34.3 Å². The number of hydrogen-bond acceptors (Lipinski definition) is 4. The first kappa shape index (κ1) is 12.9. The molecule has 4 nitrogen and oxygen atoms in total. The number of non-ortho nitro benzene ring substituents is 1. The largest absolute Gasteiger partial charge is 0.378 e. The summed E-state index contributed by atoms with van der Waals surface area (Å²) in [4.78, 5) is 11.4. The summed E-state index contributed by atoms with van der Waals surface area (Å²) in [6.45, 7) is 1.99. The topological polar surface area (TPSA) is 55.2 Å². The van der Waals surface area contributed by atoms with Crippen LogP contribution in [0.25, 0.3) is 0 Å². The summed E-state index contributed by atoms with van der Waals surface area (Å²) in [5.41, 5.74) is 0.803. The molecule has 6 heteroatoms. The molecule has 0 amide bonds. The van der Waals surface area contributed by atoms with E-state index in [4.69, 9.17) is 11.6 Å². The molecule has 0 bridgehead atoms. The van der Waals surface area contributed by atoms with Crippen molar-refractivity contribution in [3.05, 3.63) is 55.7 Å². The first-order chi connectivity index (χ1) is 8.56. The molecular weight excluding hydrogens is 272 g/mol. The molecule has 0 fully saturated rings. The number of rotatable bonds is 4. The summed E-state index contributed by atoms with van der Waals surface area (Å²) in [5.74, 6) is 0. The highest BCUT2D eigenvalue weighted by atomic mass is 35.5. The summed E-state index contributed by atoms with van der Waals surface area (Å²) >= 11 is 7.37. The van der Waals surface area contributed by atoms with Crippen molar-refractivity contribution < 1.29 is 4.92 Å². The fraction of sp³-hybridized carbons (Fsp3) is 0.167. The van der Waals surface area contributed by atoms with E-state index >= 15 is 0 Å². The summed E-state index contributed by atoms with van der Waals surface area (Å²) in [7, 11) is 0. The maximum Gasteiger partial charge on any atom is 0.271 e. The van der Waals surface area contributed by atoms with Crippen molar-refractivity contribution in [3.63, 3.8) is 0 Å². The van der Waals surface area contributed by atoms with E-state index in [9.17, 15) is 10.1 Å². The average Bonchev–Trinajstić information content (AvgIpc) is 2.76. The van der Waals surface area contributed by atoms with Crippen LogP contribution in [-0.4, -0.2) is 4.92 Å². The average molecular weight is 283 g/mol. The molecule has 0 spiro atoms. The molecule has 2 rings (SSSR count). The van der Waals surface area contributed by atoms with Crippen molar-refractivity contribution in [1.82, 2.24) is 0 Å². The van der Waals surface area contributed by atoms with E-state index in [1.54, 1.807) is 12.1 Å². The van der Waals surface area contributed by atoms with Crippen molar-refractivity contribution in [1.29, 1.82) is 0 Å². The minimum Gasteiger partial charge on any atom is -0.378 e. The maximum absolute atomic E-state index is 10.7. The number of thiophene rings is 1. The number of benzene rings is 1. The molecule has 1 unspecified atom stereocenters. The number of nitro groups is 1. The fourth-order valence-corrected chi connectivity index (χ4v) is 2.65. The monoisotopic (exact) mass is 282 g/mol. The Labute approximate surface area is 113 Å². The number of nitro benzene ring substituents is 1. The van der Waals surface area contributed by atoms with Gasteiger partial charge >= 0.3 is 0 Å². The predicted octanol–water partition coefficient (Wildman–Crippen LogP) is 4.48. The molecule has 2 aromatic rings. The van der Waals surface area contributed by atoms with Gasteiger partial charge in [0, 0.05) is 22.7 Å². The Morgan fingerprint density at radius 2 is 2.17 bits per heavy atom. The second-order valence-corrected chi connectivity index (χ2v) is 5.56. The molecule has 18 heavy (non-hydrogen) atoms. The van der Waals surface area contributed by atoms with Gasteiger partial charge in [-0.2, -0.15) is 0 Å². The van der Waals surface area contributed by atoms with Crippen LogP contribution < -0.4 is 5.32 Å². The molecule has 1 N–H and O–H groups in total. The second-order valence-electron chi connectivity index (χ2n) is 3.82. The van der Waals surface area contributed by atoms with Gasteiger partial charge in [-0.1, -0.05) is 17.7 Å². The normalized spacial score (nSPS) is 12.1. The van der Waals surface area contributed by atoms with Crippen LogP contribution in [0, 0.1) is 10.1 Å². The lowest BCUT2D eigenvalue weighted by Gasteiger charge is -2.13. The van der Waals surface area contributed by atoms with Gasteiger partial charge < -0.3 is 5.32 Å². The van der Waals surface area contributed by atoms with E-state index in [1.165, 1.54) is 23.5 Å². The second kappa shape index (κ2) is 5.37. The van der Waals surface area contributed by atoms with Crippen LogP contribution in [0.1, 0.15) is 17.8 Å². The van der Waals surface area contributed by atoms with E-state index in [-0.39, 0.29) is 11.7 Å². The van der Waals surface area contributed by atoms with Gasteiger partial charge in [0.2, 0.25) is 0 Å².